The first kappa shape index (κ1) is 12.7. The van der Waals surface area contributed by atoms with Crippen LogP contribution in [0.5, 0.6) is 0 Å². The largest absolute Gasteiger partial charge is 0.465 e. The van der Waals surface area contributed by atoms with Gasteiger partial charge in [-0.3, -0.25) is 0 Å². The first-order valence-corrected chi connectivity index (χ1v) is 6.81. The summed E-state index contributed by atoms with van der Waals surface area (Å²) in [5.74, 6) is 0.369. The van der Waals surface area contributed by atoms with Gasteiger partial charge in [-0.25, -0.2) is 9.78 Å². The van der Waals surface area contributed by atoms with Gasteiger partial charge in [-0.2, -0.15) is 0 Å². The van der Waals surface area contributed by atoms with Gasteiger partial charge in [0.15, 0.2) is 0 Å². The van der Waals surface area contributed by atoms with Crippen molar-refractivity contribution in [2.75, 3.05) is 13.1 Å². The lowest BCUT2D eigenvalue weighted by Gasteiger charge is -2.30. The van der Waals surface area contributed by atoms with Gasteiger partial charge in [0.25, 0.3) is 0 Å². The molecule has 5 nitrogen and oxygen atoms in total. The van der Waals surface area contributed by atoms with E-state index >= 15 is 0 Å². The van der Waals surface area contributed by atoms with Gasteiger partial charge >= 0.3 is 6.09 Å². The molecule has 104 valence electrons. The molecule has 0 aliphatic carbocycles. The van der Waals surface area contributed by atoms with Crippen molar-refractivity contribution < 1.29 is 9.90 Å². The van der Waals surface area contributed by atoms with E-state index < -0.39 is 6.09 Å². The fourth-order valence-electron chi connectivity index (χ4n) is 2.78. The minimum atomic E-state index is -0.819. The molecule has 1 fully saturated rings. The molecule has 0 saturated carbocycles. The lowest BCUT2D eigenvalue weighted by Crippen LogP contribution is -2.37. The minimum absolute atomic E-state index is 0.369. The number of hydrogen-bond donors (Lipinski definition) is 1. The van der Waals surface area contributed by atoms with E-state index in [0.29, 0.717) is 19.0 Å². The van der Waals surface area contributed by atoms with Crippen molar-refractivity contribution in [3.63, 3.8) is 0 Å². The first-order chi connectivity index (χ1) is 9.75. The molecule has 0 radical (unpaired) electrons. The van der Waals surface area contributed by atoms with Gasteiger partial charge in [0.05, 0.1) is 6.33 Å². The van der Waals surface area contributed by atoms with Crippen LogP contribution in [0.2, 0.25) is 0 Å². The molecular weight excluding hydrogens is 254 g/mol. The minimum Gasteiger partial charge on any atom is -0.465 e. The van der Waals surface area contributed by atoms with Crippen LogP contribution in [0.15, 0.2) is 42.9 Å². The predicted octanol–water partition coefficient (Wildman–Crippen LogP) is 2.73. The summed E-state index contributed by atoms with van der Waals surface area (Å²) >= 11 is 0. The number of aromatic nitrogens is 2. The Morgan fingerprint density at radius 2 is 1.90 bits per heavy atom. The zero-order valence-electron chi connectivity index (χ0n) is 11.1. The van der Waals surface area contributed by atoms with Crippen molar-refractivity contribution in [1.29, 1.82) is 0 Å². The summed E-state index contributed by atoms with van der Waals surface area (Å²) in [6.45, 7) is 1.19. The van der Waals surface area contributed by atoms with Gasteiger partial charge in [-0.05, 0) is 25.0 Å². The van der Waals surface area contributed by atoms with Crippen LogP contribution in [0, 0.1) is 0 Å². The standard InChI is InChI=1S/C15H17N3O2/c19-15(20)17-8-6-12(7-9-17)14-10-16-11-18(14)13-4-2-1-3-5-13/h1-5,10-12H,6-9H2,(H,19,20). The molecule has 2 aromatic rings. The van der Waals surface area contributed by atoms with Crippen molar-refractivity contribution in [2.45, 2.75) is 18.8 Å². The summed E-state index contributed by atoms with van der Waals surface area (Å²) in [7, 11) is 0. The zero-order valence-corrected chi connectivity index (χ0v) is 11.1. The van der Waals surface area contributed by atoms with E-state index in [4.69, 9.17) is 5.11 Å². The first-order valence-electron chi connectivity index (χ1n) is 6.81. The maximum absolute atomic E-state index is 10.9. The van der Waals surface area contributed by atoms with E-state index in [1.807, 2.05) is 30.7 Å². The number of benzene rings is 1. The average Bonchev–Trinajstić information content (AvgIpc) is 2.97. The van der Waals surface area contributed by atoms with Gasteiger partial charge in [0.2, 0.25) is 0 Å². The Balaban J connectivity index is 1.80. The van der Waals surface area contributed by atoms with E-state index in [-0.39, 0.29) is 0 Å². The van der Waals surface area contributed by atoms with Crippen LogP contribution in [0.25, 0.3) is 5.69 Å². The zero-order chi connectivity index (χ0) is 13.9. The van der Waals surface area contributed by atoms with Gasteiger partial charge in [-0.15, -0.1) is 0 Å². The third-order valence-corrected chi connectivity index (χ3v) is 3.89. The number of nitrogens with zero attached hydrogens (tertiary/aromatic N) is 3. The van der Waals surface area contributed by atoms with Crippen LogP contribution < -0.4 is 0 Å². The molecule has 0 spiro atoms. The number of carboxylic acid groups (broad SMARTS) is 1. The van der Waals surface area contributed by atoms with Crippen LogP contribution in [0.3, 0.4) is 0 Å². The molecule has 1 amide bonds. The monoisotopic (exact) mass is 271 g/mol. The number of likely N-dealkylation sites (tertiary alicyclic amines) is 1. The highest BCUT2D eigenvalue weighted by molar-refractivity contribution is 5.65. The molecule has 3 rings (SSSR count). The van der Waals surface area contributed by atoms with Gasteiger partial charge in [-0.1, -0.05) is 18.2 Å². The van der Waals surface area contributed by atoms with Crippen LogP contribution >= 0.6 is 0 Å². The van der Waals surface area contributed by atoms with Crippen LogP contribution in [-0.2, 0) is 0 Å². The van der Waals surface area contributed by atoms with Gasteiger partial charge in [0, 0.05) is 36.6 Å². The fraction of sp³-hybridized carbons (Fsp3) is 0.333. The molecular formula is C15H17N3O2. The lowest BCUT2D eigenvalue weighted by molar-refractivity contribution is 0.131. The maximum atomic E-state index is 10.9. The molecule has 0 bridgehead atoms. The molecule has 1 aromatic heterocycles. The highest BCUT2D eigenvalue weighted by Crippen LogP contribution is 2.29. The molecule has 0 atom stereocenters. The quantitative estimate of drug-likeness (QED) is 0.913. The second kappa shape index (κ2) is 5.36. The summed E-state index contributed by atoms with van der Waals surface area (Å²) in [4.78, 5) is 16.7. The van der Waals surface area contributed by atoms with Crippen LogP contribution in [-0.4, -0.2) is 38.7 Å². The number of imidazole rings is 1. The summed E-state index contributed by atoms with van der Waals surface area (Å²) in [5, 5.41) is 9.00. The Kier molecular flexibility index (Phi) is 3.41. The molecule has 20 heavy (non-hydrogen) atoms. The van der Waals surface area contributed by atoms with E-state index in [2.05, 4.69) is 21.7 Å². The Hall–Kier alpha value is -2.30. The molecule has 1 aliphatic heterocycles. The molecule has 5 heteroatoms. The number of piperidine rings is 1. The van der Waals surface area contributed by atoms with E-state index in [1.54, 1.807) is 0 Å². The topological polar surface area (TPSA) is 58.4 Å². The van der Waals surface area contributed by atoms with Gasteiger partial charge < -0.3 is 14.6 Å². The average molecular weight is 271 g/mol. The molecule has 0 unspecified atom stereocenters. The van der Waals surface area contributed by atoms with Gasteiger partial charge in [0.1, 0.15) is 0 Å². The van der Waals surface area contributed by atoms with Crippen molar-refractivity contribution >= 4 is 6.09 Å². The second-order valence-corrected chi connectivity index (χ2v) is 5.07. The Labute approximate surface area is 117 Å². The SMILES string of the molecule is O=C(O)N1CCC(c2cncn2-c2ccccc2)CC1. The number of amides is 1. The highest BCUT2D eigenvalue weighted by Gasteiger charge is 2.25. The number of carbonyl (C=O) groups is 1. The summed E-state index contributed by atoms with van der Waals surface area (Å²) in [5.41, 5.74) is 2.27. The van der Waals surface area contributed by atoms with Crippen molar-refractivity contribution in [3.8, 4) is 5.69 Å². The molecule has 1 aromatic carbocycles. The van der Waals surface area contributed by atoms with E-state index in [1.165, 1.54) is 10.6 Å². The fourth-order valence-corrected chi connectivity index (χ4v) is 2.78. The Morgan fingerprint density at radius 1 is 1.20 bits per heavy atom. The van der Waals surface area contributed by atoms with E-state index in [0.717, 1.165) is 18.5 Å². The van der Waals surface area contributed by atoms with Crippen LogP contribution in [0.4, 0.5) is 4.79 Å². The lowest BCUT2D eigenvalue weighted by atomic mass is 9.94. The Morgan fingerprint density at radius 3 is 2.55 bits per heavy atom. The van der Waals surface area contributed by atoms with Crippen molar-refractivity contribution in [1.82, 2.24) is 14.5 Å². The second-order valence-electron chi connectivity index (χ2n) is 5.07. The summed E-state index contributed by atoms with van der Waals surface area (Å²) in [6.07, 6.45) is 4.61. The Bertz CT molecular complexity index is 586. The number of rotatable bonds is 2. The third kappa shape index (κ3) is 2.39. The highest BCUT2D eigenvalue weighted by atomic mass is 16.4. The van der Waals surface area contributed by atoms with E-state index in [9.17, 15) is 4.79 Å². The van der Waals surface area contributed by atoms with Crippen molar-refractivity contribution in [2.24, 2.45) is 0 Å². The maximum Gasteiger partial charge on any atom is 0.407 e. The molecule has 2 heterocycles. The number of para-hydroxylation sites is 1. The summed E-state index contributed by atoms with van der Waals surface area (Å²) < 4.78 is 2.10. The molecule has 1 saturated heterocycles. The molecule has 1 aliphatic rings. The number of hydrogen-bond acceptors (Lipinski definition) is 2. The predicted molar refractivity (Wildman–Crippen MR) is 75.1 cm³/mol. The summed E-state index contributed by atoms with van der Waals surface area (Å²) in [6, 6.07) is 10.1. The van der Waals surface area contributed by atoms with Crippen LogP contribution in [0.1, 0.15) is 24.5 Å². The molecule has 1 N–H and O–H groups in total. The smallest absolute Gasteiger partial charge is 0.407 e. The normalized spacial score (nSPS) is 16.3. The van der Waals surface area contributed by atoms with Crippen molar-refractivity contribution in [3.05, 3.63) is 48.5 Å². The third-order valence-electron chi connectivity index (χ3n) is 3.89.